The molecule has 0 fully saturated rings. The third kappa shape index (κ3) is 8.35. The first-order valence-electron chi connectivity index (χ1n) is 4.93. The summed E-state index contributed by atoms with van der Waals surface area (Å²) < 4.78 is 4.98. The average Bonchev–Trinajstić information content (AvgIpc) is 1.99. The molecule has 0 radical (unpaired) electrons. The number of ether oxygens (including phenoxy) is 1. The van der Waals surface area contributed by atoms with Crippen molar-refractivity contribution in [3.8, 4) is 0 Å². The molecule has 0 aliphatic rings. The summed E-state index contributed by atoms with van der Waals surface area (Å²) in [7, 11) is 0. The van der Waals surface area contributed by atoms with Gasteiger partial charge in [0.05, 0.1) is 25.2 Å². The van der Waals surface area contributed by atoms with Crippen LogP contribution in [0.1, 0.15) is 33.6 Å². The first kappa shape index (κ1) is 14.3. The molecule has 0 heterocycles. The van der Waals surface area contributed by atoms with Crippen LogP contribution in [-0.4, -0.2) is 45.7 Å². The highest BCUT2D eigenvalue weighted by Gasteiger charge is 2.20. The molecule has 5 heteroatoms. The molecule has 0 amide bonds. The number of aliphatic hydroxyl groups is 3. The molecule has 2 atom stereocenters. The normalized spacial score (nSPS) is 15.9. The summed E-state index contributed by atoms with van der Waals surface area (Å²) in [5, 5.41) is 26.9. The van der Waals surface area contributed by atoms with E-state index in [1.165, 1.54) is 0 Å². The fourth-order valence-corrected chi connectivity index (χ4v) is 1.05. The monoisotopic (exact) mass is 220 g/mol. The minimum Gasteiger partial charge on any atom is -0.460 e. The van der Waals surface area contributed by atoms with E-state index in [0.29, 0.717) is 0 Å². The standard InChI is InChI=1S/C10H20O5/c1-10(2,3)15-9(14)5-7(12)4-8(13)6-11/h7-8,11-13H,4-6H2,1-3H3. The Labute approximate surface area is 89.7 Å². The van der Waals surface area contributed by atoms with Crippen molar-refractivity contribution in [2.24, 2.45) is 0 Å². The predicted octanol–water partition coefficient (Wildman–Crippen LogP) is -0.178. The molecule has 0 aliphatic carbocycles. The second kappa shape index (κ2) is 6.05. The molecule has 3 N–H and O–H groups in total. The summed E-state index contributed by atoms with van der Waals surface area (Å²) in [6, 6.07) is 0. The smallest absolute Gasteiger partial charge is 0.308 e. The number of carbonyl (C=O) groups excluding carboxylic acids is 1. The lowest BCUT2D eigenvalue weighted by Gasteiger charge is -2.21. The Kier molecular flexibility index (Phi) is 5.79. The summed E-state index contributed by atoms with van der Waals surface area (Å²) in [6.07, 6.45) is -2.19. The van der Waals surface area contributed by atoms with Gasteiger partial charge in [-0.25, -0.2) is 0 Å². The molecule has 90 valence electrons. The van der Waals surface area contributed by atoms with Crippen molar-refractivity contribution >= 4 is 5.97 Å². The van der Waals surface area contributed by atoms with Crippen LogP contribution in [0.25, 0.3) is 0 Å². The second-order valence-corrected chi connectivity index (χ2v) is 4.52. The lowest BCUT2D eigenvalue weighted by atomic mass is 10.1. The predicted molar refractivity (Wildman–Crippen MR) is 54.2 cm³/mol. The Morgan fingerprint density at radius 2 is 1.80 bits per heavy atom. The van der Waals surface area contributed by atoms with Gasteiger partial charge in [0, 0.05) is 6.42 Å². The Balaban J connectivity index is 3.87. The van der Waals surface area contributed by atoms with Crippen LogP contribution in [0, 0.1) is 0 Å². The molecule has 5 nitrogen and oxygen atoms in total. The number of hydrogen-bond acceptors (Lipinski definition) is 5. The maximum Gasteiger partial charge on any atom is 0.308 e. The van der Waals surface area contributed by atoms with Crippen molar-refractivity contribution in [2.45, 2.75) is 51.4 Å². The Morgan fingerprint density at radius 1 is 1.27 bits per heavy atom. The van der Waals surface area contributed by atoms with E-state index in [0.717, 1.165) is 0 Å². The van der Waals surface area contributed by atoms with Crippen LogP contribution >= 0.6 is 0 Å². The molecule has 0 aromatic heterocycles. The van der Waals surface area contributed by atoms with Crippen LogP contribution in [-0.2, 0) is 9.53 Å². The van der Waals surface area contributed by atoms with E-state index in [-0.39, 0.29) is 12.8 Å². The van der Waals surface area contributed by atoms with Crippen LogP contribution in [0.5, 0.6) is 0 Å². The Bertz CT molecular complexity index is 196. The lowest BCUT2D eigenvalue weighted by molar-refractivity contribution is -0.157. The van der Waals surface area contributed by atoms with E-state index in [2.05, 4.69) is 0 Å². The Hall–Kier alpha value is -0.650. The van der Waals surface area contributed by atoms with E-state index in [9.17, 15) is 9.90 Å². The summed E-state index contributed by atoms with van der Waals surface area (Å²) in [4.78, 5) is 11.2. The zero-order valence-corrected chi connectivity index (χ0v) is 9.43. The van der Waals surface area contributed by atoms with Gasteiger partial charge < -0.3 is 20.1 Å². The quantitative estimate of drug-likeness (QED) is 0.560. The first-order chi connectivity index (χ1) is 6.74. The fraction of sp³-hybridized carbons (Fsp3) is 0.900. The van der Waals surface area contributed by atoms with Crippen molar-refractivity contribution in [1.29, 1.82) is 0 Å². The highest BCUT2D eigenvalue weighted by molar-refractivity contribution is 5.70. The van der Waals surface area contributed by atoms with E-state index in [4.69, 9.17) is 14.9 Å². The van der Waals surface area contributed by atoms with E-state index < -0.39 is 30.4 Å². The molecule has 0 aliphatic heterocycles. The summed E-state index contributed by atoms with van der Waals surface area (Å²) in [5.74, 6) is -0.514. The van der Waals surface area contributed by atoms with Gasteiger partial charge in [-0.2, -0.15) is 0 Å². The van der Waals surface area contributed by atoms with Crippen molar-refractivity contribution in [1.82, 2.24) is 0 Å². The second-order valence-electron chi connectivity index (χ2n) is 4.52. The molecule has 0 saturated heterocycles. The summed E-state index contributed by atoms with van der Waals surface area (Å²) in [6.45, 7) is 4.78. The summed E-state index contributed by atoms with van der Waals surface area (Å²) in [5.41, 5.74) is -0.577. The number of rotatable bonds is 5. The zero-order valence-electron chi connectivity index (χ0n) is 9.43. The van der Waals surface area contributed by atoms with Crippen molar-refractivity contribution in [3.05, 3.63) is 0 Å². The number of carbonyl (C=O) groups is 1. The third-order valence-electron chi connectivity index (χ3n) is 1.58. The van der Waals surface area contributed by atoms with Crippen LogP contribution in [0.15, 0.2) is 0 Å². The van der Waals surface area contributed by atoms with Crippen LogP contribution < -0.4 is 0 Å². The number of esters is 1. The van der Waals surface area contributed by atoms with Gasteiger partial charge in [0.1, 0.15) is 5.60 Å². The van der Waals surface area contributed by atoms with Gasteiger partial charge in [0.2, 0.25) is 0 Å². The molecule has 0 saturated carbocycles. The molecule has 0 aromatic rings. The van der Waals surface area contributed by atoms with Crippen LogP contribution in [0.2, 0.25) is 0 Å². The maximum absolute atomic E-state index is 11.2. The highest BCUT2D eigenvalue weighted by Crippen LogP contribution is 2.11. The average molecular weight is 220 g/mol. The lowest BCUT2D eigenvalue weighted by Crippen LogP contribution is -2.28. The zero-order chi connectivity index (χ0) is 12.1. The molecular weight excluding hydrogens is 200 g/mol. The molecule has 2 unspecified atom stereocenters. The van der Waals surface area contributed by atoms with Gasteiger partial charge in [-0.15, -0.1) is 0 Å². The molecule has 15 heavy (non-hydrogen) atoms. The molecule has 0 bridgehead atoms. The van der Waals surface area contributed by atoms with Gasteiger partial charge in [-0.3, -0.25) is 4.79 Å². The van der Waals surface area contributed by atoms with Gasteiger partial charge >= 0.3 is 5.97 Å². The largest absolute Gasteiger partial charge is 0.460 e. The van der Waals surface area contributed by atoms with E-state index >= 15 is 0 Å². The SMILES string of the molecule is CC(C)(C)OC(=O)CC(O)CC(O)CO. The van der Waals surface area contributed by atoms with Gasteiger partial charge in [0.25, 0.3) is 0 Å². The molecule has 0 aromatic carbocycles. The molecular formula is C10H20O5. The van der Waals surface area contributed by atoms with Gasteiger partial charge in [-0.1, -0.05) is 0 Å². The highest BCUT2D eigenvalue weighted by atomic mass is 16.6. The van der Waals surface area contributed by atoms with E-state index in [1.54, 1.807) is 20.8 Å². The molecule has 0 spiro atoms. The fourth-order valence-electron chi connectivity index (χ4n) is 1.05. The number of aliphatic hydroxyl groups excluding tert-OH is 3. The van der Waals surface area contributed by atoms with Crippen molar-refractivity contribution < 1.29 is 24.9 Å². The van der Waals surface area contributed by atoms with Gasteiger partial charge in [0.15, 0.2) is 0 Å². The maximum atomic E-state index is 11.2. The minimum absolute atomic E-state index is 0.0320. The van der Waals surface area contributed by atoms with E-state index in [1.807, 2.05) is 0 Å². The first-order valence-corrected chi connectivity index (χ1v) is 4.93. The van der Waals surface area contributed by atoms with Crippen LogP contribution in [0.4, 0.5) is 0 Å². The Morgan fingerprint density at radius 3 is 2.20 bits per heavy atom. The number of hydrogen-bond donors (Lipinski definition) is 3. The van der Waals surface area contributed by atoms with Crippen LogP contribution in [0.3, 0.4) is 0 Å². The van der Waals surface area contributed by atoms with Gasteiger partial charge in [-0.05, 0) is 20.8 Å². The third-order valence-corrected chi connectivity index (χ3v) is 1.58. The minimum atomic E-state index is -0.998. The topological polar surface area (TPSA) is 87.0 Å². The van der Waals surface area contributed by atoms with Crippen molar-refractivity contribution in [3.63, 3.8) is 0 Å². The summed E-state index contributed by atoms with van der Waals surface area (Å²) >= 11 is 0. The molecule has 0 rings (SSSR count). The van der Waals surface area contributed by atoms with Crippen molar-refractivity contribution in [2.75, 3.05) is 6.61 Å².